The molecule has 1 unspecified atom stereocenters. The Morgan fingerprint density at radius 2 is 1.74 bits per heavy atom. The van der Waals surface area contributed by atoms with Crippen molar-refractivity contribution in [3.8, 4) is 11.5 Å². The lowest BCUT2D eigenvalue weighted by molar-refractivity contribution is -0.153. The molecule has 2 fully saturated rings. The minimum absolute atomic E-state index is 0. The van der Waals surface area contributed by atoms with E-state index < -0.39 is 0 Å². The molecule has 1 atom stereocenters. The Labute approximate surface area is 170 Å². The molecule has 1 saturated carbocycles. The van der Waals surface area contributed by atoms with E-state index in [0.717, 1.165) is 37.2 Å². The molecule has 0 aromatic heterocycles. The van der Waals surface area contributed by atoms with Crippen LogP contribution in [0.2, 0.25) is 0 Å². The Kier molecular flexibility index (Phi) is 6.42. The summed E-state index contributed by atoms with van der Waals surface area (Å²) < 4.78 is 11.6. The molecule has 1 spiro atoms. The van der Waals surface area contributed by atoms with Gasteiger partial charge in [0.1, 0.15) is 12.7 Å². The maximum Gasteiger partial charge on any atom is 0.229 e. The number of nitrogens with zero attached hydrogens (tertiary/aromatic N) is 1. The predicted molar refractivity (Wildman–Crippen MR) is 106 cm³/mol. The molecule has 6 nitrogen and oxygen atoms in total. The second-order valence-electron chi connectivity index (χ2n) is 7.70. The van der Waals surface area contributed by atoms with E-state index in [9.17, 15) is 9.59 Å². The highest BCUT2D eigenvalue weighted by Gasteiger charge is 2.44. The van der Waals surface area contributed by atoms with Gasteiger partial charge in [-0.3, -0.25) is 14.5 Å². The number of hydrogen-bond acceptors (Lipinski definition) is 5. The number of benzene rings is 1. The number of carbonyl (C=O) groups is 2. The summed E-state index contributed by atoms with van der Waals surface area (Å²) >= 11 is 0. The lowest BCUT2D eigenvalue weighted by Crippen LogP contribution is -2.50. The molecule has 1 N–H and O–H groups in total. The third-order valence-corrected chi connectivity index (χ3v) is 5.77. The van der Waals surface area contributed by atoms with Crippen LogP contribution in [0, 0.1) is 5.41 Å². The maximum absolute atomic E-state index is 12.4. The number of fused-ring (bicyclic) bond motifs is 1. The number of rotatable bonds is 5. The number of carbonyl (C=O) groups excluding carboxylic acids is 2. The zero-order valence-corrected chi connectivity index (χ0v) is 17.2. The monoisotopic (exact) mass is 438 g/mol. The van der Waals surface area contributed by atoms with Crippen molar-refractivity contribution in [2.24, 2.45) is 5.41 Å². The van der Waals surface area contributed by atoms with Crippen LogP contribution in [0.5, 0.6) is 11.5 Å². The van der Waals surface area contributed by atoms with Crippen LogP contribution in [0.15, 0.2) is 24.3 Å². The highest BCUT2D eigenvalue weighted by atomic mass is 79.9. The first-order valence-electron chi connectivity index (χ1n) is 9.58. The van der Waals surface area contributed by atoms with Gasteiger partial charge in [-0.15, -0.1) is 17.0 Å². The average molecular weight is 439 g/mol. The largest absolute Gasteiger partial charge is 0.486 e. The number of halogens is 1. The summed E-state index contributed by atoms with van der Waals surface area (Å²) in [6.45, 7) is 2.12. The van der Waals surface area contributed by atoms with Crippen LogP contribution < -0.4 is 14.8 Å². The van der Waals surface area contributed by atoms with E-state index in [-0.39, 0.29) is 40.3 Å². The van der Waals surface area contributed by atoms with Crippen LogP contribution in [0.25, 0.3) is 0 Å². The second kappa shape index (κ2) is 8.61. The van der Waals surface area contributed by atoms with Crippen LogP contribution >= 0.6 is 17.0 Å². The van der Waals surface area contributed by atoms with Crippen molar-refractivity contribution in [1.29, 1.82) is 0 Å². The molecule has 3 aliphatic rings. The van der Waals surface area contributed by atoms with Gasteiger partial charge in [0.05, 0.1) is 0 Å². The van der Waals surface area contributed by atoms with E-state index in [2.05, 4.69) is 5.32 Å². The summed E-state index contributed by atoms with van der Waals surface area (Å²) in [5.74, 6) is 1.52. The van der Waals surface area contributed by atoms with Gasteiger partial charge in [0.15, 0.2) is 11.5 Å². The van der Waals surface area contributed by atoms with Crippen LogP contribution in [0.3, 0.4) is 0 Å². The Morgan fingerprint density at radius 3 is 2.44 bits per heavy atom. The van der Waals surface area contributed by atoms with Crippen molar-refractivity contribution in [1.82, 2.24) is 10.2 Å². The van der Waals surface area contributed by atoms with Crippen molar-refractivity contribution in [3.63, 3.8) is 0 Å². The first kappa shape index (κ1) is 20.1. The normalized spacial score (nSPS) is 23.4. The predicted octanol–water partition coefficient (Wildman–Crippen LogP) is 2.70. The summed E-state index contributed by atoms with van der Waals surface area (Å²) in [6, 6.07) is 7.63. The van der Waals surface area contributed by atoms with Gasteiger partial charge < -0.3 is 14.8 Å². The summed E-state index contributed by atoms with van der Waals surface area (Å²) in [5, 5.41) is 3.28. The second-order valence-corrected chi connectivity index (χ2v) is 7.70. The molecule has 2 aliphatic heterocycles. The number of nitrogens with one attached hydrogen (secondary N) is 1. The Hall–Kier alpha value is -1.60. The molecule has 0 radical (unpaired) electrons. The van der Waals surface area contributed by atoms with Gasteiger partial charge in [-0.05, 0) is 30.4 Å². The summed E-state index contributed by atoms with van der Waals surface area (Å²) in [6.07, 6.45) is 5.35. The summed E-state index contributed by atoms with van der Waals surface area (Å²) in [5.41, 5.74) is -0.0290. The van der Waals surface area contributed by atoms with Crippen molar-refractivity contribution >= 4 is 28.8 Å². The van der Waals surface area contributed by atoms with Crippen molar-refractivity contribution in [2.45, 2.75) is 44.6 Å². The minimum Gasteiger partial charge on any atom is -0.486 e. The molecule has 7 heteroatoms. The average Bonchev–Trinajstić information content (AvgIpc) is 3.07. The van der Waals surface area contributed by atoms with Crippen molar-refractivity contribution < 1.29 is 19.1 Å². The molecule has 148 valence electrons. The van der Waals surface area contributed by atoms with E-state index in [1.165, 1.54) is 4.90 Å². The van der Waals surface area contributed by atoms with Crippen LogP contribution in [0.1, 0.15) is 38.5 Å². The maximum atomic E-state index is 12.4. The lowest BCUT2D eigenvalue weighted by atomic mass is 9.76. The molecule has 2 heterocycles. The minimum atomic E-state index is -0.0700. The quantitative estimate of drug-likeness (QED) is 0.565. The van der Waals surface area contributed by atoms with E-state index in [1.54, 1.807) is 0 Å². The van der Waals surface area contributed by atoms with Crippen molar-refractivity contribution in [2.75, 3.05) is 26.2 Å². The fourth-order valence-electron chi connectivity index (χ4n) is 4.38. The van der Waals surface area contributed by atoms with Gasteiger partial charge in [-0.1, -0.05) is 25.0 Å². The number of imide groups is 1. The molecule has 1 aliphatic carbocycles. The fourth-order valence-corrected chi connectivity index (χ4v) is 4.38. The van der Waals surface area contributed by atoms with Crippen LogP contribution in [0.4, 0.5) is 0 Å². The first-order chi connectivity index (χ1) is 12.7. The highest BCUT2D eigenvalue weighted by molar-refractivity contribution is 8.93. The third kappa shape index (κ3) is 4.46. The molecular weight excluding hydrogens is 412 g/mol. The highest BCUT2D eigenvalue weighted by Crippen LogP contribution is 2.46. The number of likely N-dealkylation sites (tertiary alicyclic amines) is 1. The smallest absolute Gasteiger partial charge is 0.229 e. The van der Waals surface area contributed by atoms with Gasteiger partial charge in [0.2, 0.25) is 11.8 Å². The summed E-state index contributed by atoms with van der Waals surface area (Å²) in [4.78, 5) is 26.3. The molecular formula is C20H27BrN2O4. The number of piperidine rings is 1. The van der Waals surface area contributed by atoms with Gasteiger partial charge >= 0.3 is 0 Å². The van der Waals surface area contributed by atoms with E-state index in [0.29, 0.717) is 39.1 Å². The topological polar surface area (TPSA) is 67.9 Å². The Bertz CT molecular complexity index is 670. The number of amides is 2. The Balaban J connectivity index is 0.00000210. The fraction of sp³-hybridized carbons (Fsp3) is 0.600. The van der Waals surface area contributed by atoms with Crippen molar-refractivity contribution in [3.05, 3.63) is 24.3 Å². The first-order valence-corrected chi connectivity index (χ1v) is 9.58. The van der Waals surface area contributed by atoms with Gasteiger partial charge in [-0.25, -0.2) is 0 Å². The van der Waals surface area contributed by atoms with E-state index in [4.69, 9.17) is 9.47 Å². The molecule has 1 saturated heterocycles. The molecule has 1 aromatic rings. The molecule has 4 rings (SSSR count). The molecule has 0 bridgehead atoms. The zero-order chi connectivity index (χ0) is 18.0. The van der Waals surface area contributed by atoms with Gasteiger partial charge in [0, 0.05) is 32.5 Å². The molecule has 27 heavy (non-hydrogen) atoms. The third-order valence-electron chi connectivity index (χ3n) is 5.77. The standard InChI is InChI=1S/C20H26N2O4.BrH/c23-18-11-20(7-3-4-8-20)12-19(24)22(18)10-9-21-13-15-14-25-16-5-1-2-6-17(16)26-15;/h1-2,5-6,15,21H,3-4,7-14H2;1H. The van der Waals surface area contributed by atoms with E-state index in [1.807, 2.05) is 24.3 Å². The molecule has 1 aromatic carbocycles. The number of hydrogen-bond donors (Lipinski definition) is 1. The lowest BCUT2D eigenvalue weighted by Gasteiger charge is -2.37. The zero-order valence-electron chi connectivity index (χ0n) is 15.4. The van der Waals surface area contributed by atoms with Crippen LogP contribution in [-0.2, 0) is 9.59 Å². The van der Waals surface area contributed by atoms with Gasteiger partial charge in [0.25, 0.3) is 0 Å². The molecule has 2 amide bonds. The van der Waals surface area contributed by atoms with E-state index >= 15 is 0 Å². The number of para-hydroxylation sites is 2. The van der Waals surface area contributed by atoms with Crippen LogP contribution in [-0.4, -0.2) is 49.1 Å². The Morgan fingerprint density at radius 1 is 1.07 bits per heavy atom. The SMILES string of the molecule is Br.O=C1CC2(CCCC2)CC(=O)N1CCNCC1COc2ccccc2O1. The number of ether oxygens (including phenoxy) is 2. The summed E-state index contributed by atoms with van der Waals surface area (Å²) in [7, 11) is 0. The van der Waals surface area contributed by atoms with Gasteiger partial charge in [-0.2, -0.15) is 0 Å².